The molecule has 0 aliphatic carbocycles. The Morgan fingerprint density at radius 2 is 2.04 bits per heavy atom. The predicted octanol–water partition coefficient (Wildman–Crippen LogP) is 2.10. The van der Waals surface area contributed by atoms with E-state index in [-0.39, 0.29) is 42.6 Å². The first-order valence-electron chi connectivity index (χ1n) is 7.46. The Kier molecular flexibility index (Phi) is 5.94. The van der Waals surface area contributed by atoms with Gasteiger partial charge in [-0.2, -0.15) is 13.2 Å². The van der Waals surface area contributed by atoms with Gasteiger partial charge in [0, 0.05) is 7.11 Å². The number of rotatable bonds is 6. The number of halogens is 3. The minimum Gasteiger partial charge on any atom is -0.489 e. The number of ether oxygens (including phenoxy) is 2. The molecule has 140 valence electrons. The van der Waals surface area contributed by atoms with Gasteiger partial charge >= 0.3 is 6.18 Å². The van der Waals surface area contributed by atoms with Gasteiger partial charge in [-0.05, 0) is 24.6 Å². The maximum absolute atomic E-state index is 12.9. The lowest BCUT2D eigenvalue weighted by atomic mass is 10.1. The summed E-state index contributed by atoms with van der Waals surface area (Å²) in [7, 11) is -1.84. The molecule has 1 atom stereocenters. The van der Waals surface area contributed by atoms with E-state index in [1.807, 2.05) is 0 Å². The van der Waals surface area contributed by atoms with E-state index in [1.165, 1.54) is 7.11 Å². The second-order valence-electron chi connectivity index (χ2n) is 5.64. The normalized spacial score (nSPS) is 19.6. The molecule has 0 bridgehead atoms. The van der Waals surface area contributed by atoms with Gasteiger partial charge in [0.25, 0.3) is 0 Å². The van der Waals surface area contributed by atoms with Crippen molar-refractivity contribution in [2.24, 2.45) is 5.92 Å². The van der Waals surface area contributed by atoms with Crippen molar-refractivity contribution >= 4 is 21.4 Å². The fourth-order valence-electron chi connectivity index (χ4n) is 2.40. The average Bonchev–Trinajstić information content (AvgIpc) is 2.88. The number of methoxy groups -OCH3 is 1. The Balaban J connectivity index is 2.21. The molecule has 1 unspecified atom stereocenters. The summed E-state index contributed by atoms with van der Waals surface area (Å²) in [6, 6.07) is 2.72. The number of hydrogen-bond acceptors (Lipinski definition) is 5. The summed E-state index contributed by atoms with van der Waals surface area (Å²) in [4.78, 5) is 12.2. The zero-order chi connectivity index (χ0) is 18.7. The second-order valence-corrected chi connectivity index (χ2v) is 7.87. The van der Waals surface area contributed by atoms with Crippen LogP contribution in [0.5, 0.6) is 5.75 Å². The Morgan fingerprint density at radius 1 is 1.32 bits per heavy atom. The van der Waals surface area contributed by atoms with Crippen LogP contribution in [-0.4, -0.2) is 46.2 Å². The van der Waals surface area contributed by atoms with Crippen LogP contribution >= 0.6 is 0 Å². The first kappa shape index (κ1) is 19.5. The van der Waals surface area contributed by atoms with Gasteiger partial charge in [-0.3, -0.25) is 4.79 Å². The van der Waals surface area contributed by atoms with Gasteiger partial charge in [0.15, 0.2) is 9.84 Å². The molecule has 1 aromatic carbocycles. The minimum absolute atomic E-state index is 0.0549. The Hall–Kier alpha value is -1.81. The molecule has 1 saturated heterocycles. The molecular weight excluding hydrogens is 363 g/mol. The number of sulfone groups is 1. The molecule has 1 N–H and O–H groups in total. The first-order valence-corrected chi connectivity index (χ1v) is 9.29. The lowest BCUT2D eigenvalue weighted by Gasteiger charge is -2.16. The lowest BCUT2D eigenvalue weighted by Crippen LogP contribution is -2.24. The van der Waals surface area contributed by atoms with Crippen molar-refractivity contribution in [3.05, 3.63) is 23.8 Å². The molecular formula is C15H18F3NO5S. The third-order valence-electron chi connectivity index (χ3n) is 3.71. The van der Waals surface area contributed by atoms with Crippen LogP contribution in [0.4, 0.5) is 18.9 Å². The van der Waals surface area contributed by atoms with E-state index < -0.39 is 33.4 Å². The Morgan fingerprint density at radius 3 is 2.60 bits per heavy atom. The highest BCUT2D eigenvalue weighted by atomic mass is 32.2. The van der Waals surface area contributed by atoms with Gasteiger partial charge in [-0.1, -0.05) is 0 Å². The molecule has 2 rings (SSSR count). The number of hydrogen-bond donors (Lipinski definition) is 1. The number of carbonyl (C=O) groups excluding carboxylic acids is 1. The molecule has 25 heavy (non-hydrogen) atoms. The van der Waals surface area contributed by atoms with Crippen molar-refractivity contribution < 1.29 is 35.9 Å². The summed E-state index contributed by atoms with van der Waals surface area (Å²) in [6.45, 7) is 0.303. The van der Waals surface area contributed by atoms with Gasteiger partial charge < -0.3 is 14.8 Å². The number of anilines is 1. The van der Waals surface area contributed by atoms with Crippen LogP contribution in [0.3, 0.4) is 0 Å². The minimum atomic E-state index is -4.58. The molecule has 0 spiro atoms. The fourth-order valence-corrected chi connectivity index (χ4v) is 4.14. The smallest absolute Gasteiger partial charge is 0.416 e. The Bertz CT molecular complexity index is 733. The molecule has 10 heteroatoms. The molecule has 6 nitrogen and oxygen atoms in total. The van der Waals surface area contributed by atoms with E-state index in [0.29, 0.717) is 0 Å². The number of benzene rings is 1. The standard InChI is InChI=1S/C15H18F3NO5S/c1-23-5-6-24-13-3-2-11(15(16,17)18)8-12(13)19-14(20)10-4-7-25(21,22)9-10/h2-3,8,10H,4-7,9H2,1H3,(H,19,20). The fraction of sp³-hybridized carbons (Fsp3) is 0.533. The summed E-state index contributed by atoms with van der Waals surface area (Å²) in [5.74, 6) is -1.79. The number of alkyl halides is 3. The van der Waals surface area contributed by atoms with Crippen LogP contribution in [0.25, 0.3) is 0 Å². The van der Waals surface area contributed by atoms with Crippen molar-refractivity contribution in [1.29, 1.82) is 0 Å². The summed E-state index contributed by atoms with van der Waals surface area (Å²) in [5, 5.41) is 2.36. The summed E-state index contributed by atoms with van der Waals surface area (Å²) >= 11 is 0. The van der Waals surface area contributed by atoms with Gasteiger partial charge in [0.05, 0.1) is 35.3 Å². The summed E-state index contributed by atoms with van der Waals surface area (Å²) in [5.41, 5.74) is -1.10. The van der Waals surface area contributed by atoms with Crippen LogP contribution < -0.4 is 10.1 Å². The zero-order valence-corrected chi connectivity index (χ0v) is 14.2. The lowest BCUT2D eigenvalue weighted by molar-refractivity contribution is -0.137. The third-order valence-corrected chi connectivity index (χ3v) is 5.48. The summed E-state index contributed by atoms with van der Waals surface area (Å²) in [6.07, 6.45) is -4.44. The predicted molar refractivity (Wildman–Crippen MR) is 84.2 cm³/mol. The van der Waals surface area contributed by atoms with Gasteiger partial charge in [0.1, 0.15) is 12.4 Å². The highest BCUT2D eigenvalue weighted by Gasteiger charge is 2.34. The van der Waals surface area contributed by atoms with Crippen LogP contribution in [0.1, 0.15) is 12.0 Å². The van der Waals surface area contributed by atoms with E-state index in [9.17, 15) is 26.4 Å². The van der Waals surface area contributed by atoms with Crippen LogP contribution in [0.2, 0.25) is 0 Å². The second kappa shape index (κ2) is 7.61. The van der Waals surface area contributed by atoms with Crippen LogP contribution in [-0.2, 0) is 25.5 Å². The molecule has 0 aromatic heterocycles. The number of carbonyl (C=O) groups is 1. The van der Waals surface area contributed by atoms with Crippen molar-refractivity contribution in [3.8, 4) is 5.75 Å². The molecule has 1 aromatic rings. The highest BCUT2D eigenvalue weighted by Crippen LogP contribution is 2.35. The molecule has 1 fully saturated rings. The SMILES string of the molecule is COCCOc1ccc(C(F)(F)F)cc1NC(=O)C1CCS(=O)(=O)C1. The van der Waals surface area contributed by atoms with Crippen LogP contribution in [0.15, 0.2) is 18.2 Å². The molecule has 1 aliphatic heterocycles. The van der Waals surface area contributed by atoms with E-state index in [1.54, 1.807) is 0 Å². The van der Waals surface area contributed by atoms with E-state index in [2.05, 4.69) is 5.32 Å². The van der Waals surface area contributed by atoms with Crippen molar-refractivity contribution in [1.82, 2.24) is 0 Å². The maximum atomic E-state index is 12.9. The molecule has 1 aliphatic rings. The molecule has 0 saturated carbocycles. The third kappa shape index (κ3) is 5.33. The Labute approximate surface area is 143 Å². The van der Waals surface area contributed by atoms with Gasteiger partial charge in [-0.15, -0.1) is 0 Å². The summed E-state index contributed by atoms with van der Waals surface area (Å²) < 4.78 is 71.7. The van der Waals surface area contributed by atoms with Gasteiger partial charge in [0.2, 0.25) is 5.91 Å². The molecule has 0 radical (unpaired) electrons. The monoisotopic (exact) mass is 381 g/mol. The number of amides is 1. The van der Waals surface area contributed by atoms with Crippen LogP contribution in [0, 0.1) is 5.92 Å². The van der Waals surface area contributed by atoms with E-state index >= 15 is 0 Å². The molecule has 1 heterocycles. The number of nitrogens with one attached hydrogen (secondary N) is 1. The maximum Gasteiger partial charge on any atom is 0.416 e. The highest BCUT2D eigenvalue weighted by molar-refractivity contribution is 7.91. The quantitative estimate of drug-likeness (QED) is 0.764. The van der Waals surface area contributed by atoms with Crippen molar-refractivity contribution in [2.45, 2.75) is 12.6 Å². The first-order chi connectivity index (χ1) is 11.6. The van der Waals surface area contributed by atoms with Crippen molar-refractivity contribution in [2.75, 3.05) is 37.1 Å². The van der Waals surface area contributed by atoms with Gasteiger partial charge in [-0.25, -0.2) is 8.42 Å². The zero-order valence-electron chi connectivity index (χ0n) is 13.4. The largest absolute Gasteiger partial charge is 0.489 e. The molecule has 1 amide bonds. The van der Waals surface area contributed by atoms with E-state index in [0.717, 1.165) is 18.2 Å². The van der Waals surface area contributed by atoms with Crippen molar-refractivity contribution in [3.63, 3.8) is 0 Å². The average molecular weight is 381 g/mol. The van der Waals surface area contributed by atoms with E-state index in [4.69, 9.17) is 9.47 Å². The topological polar surface area (TPSA) is 81.7 Å².